The molecule has 3 aliphatic carbocycles. The molecule has 0 radical (unpaired) electrons. The lowest BCUT2D eigenvalue weighted by atomic mass is 9.43. The largest absolute Gasteiger partial charge is 0.481 e. The topological polar surface area (TPSA) is 89.1 Å². The van der Waals surface area contributed by atoms with Gasteiger partial charge in [-0.1, -0.05) is 62.4 Å². The highest BCUT2D eigenvalue weighted by molar-refractivity contribution is 6.48. The second-order valence-electron chi connectivity index (χ2n) is 13.6. The summed E-state index contributed by atoms with van der Waals surface area (Å²) < 4.78 is 18.9. The molecule has 7 rings (SSSR count). The first-order valence-electron chi connectivity index (χ1n) is 16.1. The highest BCUT2D eigenvalue weighted by Gasteiger charge is 2.68. The lowest BCUT2D eigenvalue weighted by Gasteiger charge is -2.64. The third-order valence-electron chi connectivity index (χ3n) is 10.6. The van der Waals surface area contributed by atoms with E-state index < -0.39 is 13.2 Å². The predicted octanol–water partition coefficient (Wildman–Crippen LogP) is 4.49. The summed E-state index contributed by atoms with van der Waals surface area (Å²) in [5, 5.41) is 6.64. The Kier molecular flexibility index (Phi) is 8.85. The highest BCUT2D eigenvalue weighted by Crippen LogP contribution is 2.65. The summed E-state index contributed by atoms with van der Waals surface area (Å²) in [4.78, 5) is 29.1. The van der Waals surface area contributed by atoms with E-state index in [-0.39, 0.29) is 41.3 Å². The summed E-state index contributed by atoms with van der Waals surface area (Å²) in [5.41, 5.74) is 1.94. The van der Waals surface area contributed by atoms with Crippen LogP contribution >= 0.6 is 0 Å². The zero-order valence-electron chi connectivity index (χ0n) is 25.8. The van der Waals surface area contributed by atoms with Gasteiger partial charge >= 0.3 is 7.12 Å². The molecule has 2 saturated heterocycles. The Hall–Kier alpha value is -2.88. The van der Waals surface area contributed by atoms with E-state index in [4.69, 9.17) is 14.0 Å². The Morgan fingerprint density at radius 2 is 1.70 bits per heavy atom. The van der Waals surface area contributed by atoms with E-state index in [0.717, 1.165) is 24.9 Å². The molecule has 9 heteroatoms. The van der Waals surface area contributed by atoms with Gasteiger partial charge in [0, 0.05) is 18.8 Å². The summed E-state index contributed by atoms with van der Waals surface area (Å²) in [6.07, 6.45) is 4.74. The summed E-state index contributed by atoms with van der Waals surface area (Å²) >= 11 is 0. The van der Waals surface area contributed by atoms with Crippen molar-refractivity contribution in [3.05, 3.63) is 66.2 Å². The first kappa shape index (κ1) is 30.2. The van der Waals surface area contributed by atoms with Crippen LogP contribution in [0.5, 0.6) is 0 Å². The van der Waals surface area contributed by atoms with Crippen molar-refractivity contribution in [2.45, 2.75) is 83.0 Å². The first-order chi connectivity index (χ1) is 20.7. The molecule has 0 spiro atoms. The van der Waals surface area contributed by atoms with Crippen molar-refractivity contribution < 1.29 is 23.6 Å². The molecule has 230 valence electrons. The number of nitrogens with one attached hydrogen (secondary N) is 2. The molecule has 3 saturated carbocycles. The molecular weight excluding hydrogens is 541 g/mol. The molecule has 6 atom stereocenters. The molecule has 0 aromatic heterocycles. The van der Waals surface area contributed by atoms with Crippen LogP contribution in [0.4, 0.5) is 5.69 Å². The van der Waals surface area contributed by atoms with Crippen molar-refractivity contribution in [1.29, 1.82) is 0 Å². The molecule has 2 aromatic carbocycles. The van der Waals surface area contributed by atoms with Crippen molar-refractivity contribution in [1.82, 2.24) is 10.2 Å². The fourth-order valence-corrected chi connectivity index (χ4v) is 7.86. The quantitative estimate of drug-likeness (QED) is 0.377. The van der Waals surface area contributed by atoms with Crippen LogP contribution < -0.4 is 10.6 Å². The molecule has 2 aliphatic heterocycles. The zero-order valence-corrected chi connectivity index (χ0v) is 25.8. The molecule has 2 N–H and O–H groups in total. The average molecular weight is 588 g/mol. The van der Waals surface area contributed by atoms with E-state index in [9.17, 15) is 9.59 Å². The van der Waals surface area contributed by atoms with Crippen LogP contribution in [0, 0.1) is 17.3 Å². The highest BCUT2D eigenvalue weighted by atomic mass is 16.7. The van der Waals surface area contributed by atoms with Gasteiger partial charge in [-0.3, -0.25) is 9.59 Å². The van der Waals surface area contributed by atoms with Gasteiger partial charge < -0.3 is 29.6 Å². The van der Waals surface area contributed by atoms with Gasteiger partial charge in [-0.2, -0.15) is 0 Å². The standard InChI is InChI=1S/C34H46BN3O5/c1-33(2)25-21-28(33)34(3)29(22-25)42-35(43-34)30(16-10-13-24-11-6-4-7-12-24)37-32(40)27(36-26-14-8-5-9-15-26)23-31(39)38-17-19-41-20-18-38/h4-9,11-12,14-15,25,27-30,36H,10,13,16-23H2,1-3H3,(H,37,40)/t25-,27?,28-,29+,30-,34-/m0/s1. The number of hydrogen-bond acceptors (Lipinski definition) is 6. The molecule has 2 heterocycles. The SMILES string of the molecule is CC1(C)[C@@H]2C[C@H]3OB([C@H](CCCc4ccccc4)NC(=O)C(CC(=O)N4CCOCC4)Nc4ccccc4)O[C@@]3(C)[C@H]1C2. The predicted molar refractivity (Wildman–Crippen MR) is 167 cm³/mol. The van der Waals surface area contributed by atoms with Crippen molar-refractivity contribution in [2.24, 2.45) is 17.3 Å². The lowest BCUT2D eigenvalue weighted by molar-refractivity contribution is -0.199. The minimum Gasteiger partial charge on any atom is -0.404 e. The minimum atomic E-state index is -0.736. The van der Waals surface area contributed by atoms with Gasteiger partial charge in [0.1, 0.15) is 6.04 Å². The van der Waals surface area contributed by atoms with E-state index >= 15 is 0 Å². The fraction of sp³-hybridized carbons (Fsp3) is 0.588. The molecule has 1 unspecified atom stereocenters. The zero-order chi connectivity index (χ0) is 30.0. The van der Waals surface area contributed by atoms with E-state index in [1.165, 1.54) is 12.0 Å². The van der Waals surface area contributed by atoms with Crippen LogP contribution in [0.25, 0.3) is 0 Å². The van der Waals surface area contributed by atoms with E-state index in [0.29, 0.717) is 44.6 Å². The number of hydrogen-bond donors (Lipinski definition) is 2. The van der Waals surface area contributed by atoms with Gasteiger partial charge in [0.25, 0.3) is 0 Å². The number of morpholine rings is 1. The van der Waals surface area contributed by atoms with Crippen LogP contribution in [0.1, 0.15) is 58.4 Å². The summed E-state index contributed by atoms with van der Waals surface area (Å²) in [6.45, 7) is 9.05. The molecule has 2 amide bonds. The summed E-state index contributed by atoms with van der Waals surface area (Å²) in [6, 6.07) is 19.3. The number of nitrogens with zero attached hydrogens (tertiary/aromatic N) is 1. The number of carbonyl (C=O) groups excluding carboxylic acids is 2. The van der Waals surface area contributed by atoms with Gasteiger partial charge in [0.2, 0.25) is 11.8 Å². The fourth-order valence-electron chi connectivity index (χ4n) is 7.86. The number of rotatable bonds is 11. The Bertz CT molecular complexity index is 1260. The maximum atomic E-state index is 14.1. The molecule has 8 nitrogen and oxygen atoms in total. The summed E-state index contributed by atoms with van der Waals surface area (Å²) in [7, 11) is -0.530. The molecule has 2 bridgehead atoms. The number of carbonyl (C=O) groups is 2. The van der Waals surface area contributed by atoms with E-state index in [1.807, 2.05) is 36.4 Å². The Labute approximate surface area is 256 Å². The second-order valence-corrected chi connectivity index (χ2v) is 13.6. The number of anilines is 1. The lowest BCUT2D eigenvalue weighted by Crippen LogP contribution is -2.65. The van der Waals surface area contributed by atoms with E-state index in [1.54, 1.807) is 4.90 Å². The van der Waals surface area contributed by atoms with Gasteiger partial charge in [-0.25, -0.2) is 0 Å². The smallest absolute Gasteiger partial charge is 0.404 e. The number of benzene rings is 2. The molecular formula is C34H46BN3O5. The maximum Gasteiger partial charge on any atom is 0.481 e. The van der Waals surface area contributed by atoms with Crippen LogP contribution in [0.3, 0.4) is 0 Å². The third-order valence-corrected chi connectivity index (χ3v) is 10.6. The average Bonchev–Trinajstić information content (AvgIpc) is 3.39. The number of para-hydroxylation sites is 1. The minimum absolute atomic E-state index is 0.0314. The molecule has 5 aliphatic rings. The molecule has 5 fully saturated rings. The first-order valence-corrected chi connectivity index (χ1v) is 16.1. The number of ether oxygens (including phenoxy) is 1. The van der Waals surface area contributed by atoms with Gasteiger partial charge in [0.15, 0.2) is 0 Å². The monoisotopic (exact) mass is 587 g/mol. The number of amides is 2. The Morgan fingerprint density at radius 1 is 1.00 bits per heavy atom. The van der Waals surface area contributed by atoms with Gasteiger partial charge in [-0.15, -0.1) is 0 Å². The molecule has 2 aromatic rings. The van der Waals surface area contributed by atoms with Crippen LogP contribution in [0.15, 0.2) is 60.7 Å². The van der Waals surface area contributed by atoms with Gasteiger partial charge in [-0.05, 0) is 74.0 Å². The maximum absolute atomic E-state index is 14.1. The van der Waals surface area contributed by atoms with Crippen LogP contribution in [-0.2, 0) is 30.1 Å². The molecule has 43 heavy (non-hydrogen) atoms. The summed E-state index contributed by atoms with van der Waals surface area (Å²) in [5.74, 6) is 0.480. The van der Waals surface area contributed by atoms with Crippen molar-refractivity contribution in [2.75, 3.05) is 31.6 Å². The van der Waals surface area contributed by atoms with Gasteiger partial charge in [0.05, 0.1) is 37.3 Å². The van der Waals surface area contributed by atoms with Crippen LogP contribution in [0.2, 0.25) is 0 Å². The van der Waals surface area contributed by atoms with Crippen molar-refractivity contribution in [3.63, 3.8) is 0 Å². The third kappa shape index (κ3) is 6.35. The Morgan fingerprint density at radius 3 is 2.40 bits per heavy atom. The Balaban J connectivity index is 1.19. The van der Waals surface area contributed by atoms with E-state index in [2.05, 4.69) is 55.7 Å². The van der Waals surface area contributed by atoms with Crippen LogP contribution in [-0.4, -0.2) is 73.8 Å². The second kappa shape index (κ2) is 12.6. The van der Waals surface area contributed by atoms with Crippen molar-refractivity contribution >= 4 is 24.6 Å². The normalized spacial score (nSPS) is 28.8. The van der Waals surface area contributed by atoms with Crippen molar-refractivity contribution in [3.8, 4) is 0 Å². The number of aryl methyl sites for hydroxylation is 1.